The van der Waals surface area contributed by atoms with Crippen LogP contribution < -0.4 is 5.32 Å². The van der Waals surface area contributed by atoms with Crippen molar-refractivity contribution in [2.75, 3.05) is 26.2 Å². The summed E-state index contributed by atoms with van der Waals surface area (Å²) in [7, 11) is 0. The molecule has 0 aromatic heterocycles. The Labute approximate surface area is 150 Å². The molecule has 1 aliphatic rings. The van der Waals surface area contributed by atoms with Crippen molar-refractivity contribution < 1.29 is 19.4 Å². The Balaban J connectivity index is 1.83. The molecule has 1 heterocycles. The molecule has 1 amide bonds. The van der Waals surface area contributed by atoms with E-state index in [1.807, 2.05) is 0 Å². The van der Waals surface area contributed by atoms with Crippen molar-refractivity contribution in [3.63, 3.8) is 0 Å². The van der Waals surface area contributed by atoms with Crippen LogP contribution in [0.15, 0.2) is 18.2 Å². The van der Waals surface area contributed by atoms with E-state index in [9.17, 15) is 14.7 Å². The quantitative estimate of drug-likeness (QED) is 0.766. The second-order valence-corrected chi connectivity index (χ2v) is 6.50. The van der Waals surface area contributed by atoms with Gasteiger partial charge in [-0.1, -0.05) is 29.3 Å². The number of hydrogen-bond acceptors (Lipinski definition) is 4. The molecule has 0 spiro atoms. The van der Waals surface area contributed by atoms with Crippen LogP contribution in [0.4, 0.5) is 4.79 Å². The number of amides is 1. The van der Waals surface area contributed by atoms with E-state index in [4.69, 9.17) is 27.9 Å². The third-order valence-electron chi connectivity index (χ3n) is 3.87. The number of hydrogen-bond donors (Lipinski definition) is 2. The van der Waals surface area contributed by atoms with Crippen LogP contribution in [0.25, 0.3) is 0 Å². The Hall–Kier alpha value is -1.50. The Morgan fingerprint density at radius 2 is 2.00 bits per heavy atom. The van der Waals surface area contributed by atoms with Gasteiger partial charge in [-0.3, -0.25) is 4.90 Å². The summed E-state index contributed by atoms with van der Waals surface area (Å²) in [6.07, 6.45) is 1.63. The van der Waals surface area contributed by atoms with Crippen molar-refractivity contribution in [2.45, 2.75) is 25.3 Å². The molecule has 1 saturated heterocycles. The van der Waals surface area contributed by atoms with Crippen molar-refractivity contribution in [1.29, 1.82) is 0 Å². The first kappa shape index (κ1) is 18.8. The summed E-state index contributed by atoms with van der Waals surface area (Å²) >= 11 is 11.9. The number of carbonyl (C=O) groups excluding carboxylic acids is 1. The van der Waals surface area contributed by atoms with E-state index in [0.717, 1.165) is 25.9 Å². The Kier molecular flexibility index (Phi) is 7.15. The summed E-state index contributed by atoms with van der Waals surface area (Å²) < 4.78 is 5.06. The number of nitrogens with zero attached hydrogens (tertiary/aromatic N) is 1. The zero-order valence-corrected chi connectivity index (χ0v) is 14.6. The fraction of sp³-hybridized carbons (Fsp3) is 0.500. The van der Waals surface area contributed by atoms with Gasteiger partial charge in [0.05, 0.1) is 0 Å². The smallest absolute Gasteiger partial charge is 0.407 e. The van der Waals surface area contributed by atoms with Crippen LogP contribution in [0.5, 0.6) is 0 Å². The number of carboxylic acids is 1. The zero-order valence-electron chi connectivity index (χ0n) is 13.1. The summed E-state index contributed by atoms with van der Waals surface area (Å²) in [5, 5.41) is 12.5. The van der Waals surface area contributed by atoms with E-state index < -0.39 is 18.1 Å². The Morgan fingerprint density at radius 1 is 1.29 bits per heavy atom. The lowest BCUT2D eigenvalue weighted by Crippen LogP contribution is -2.43. The molecule has 2 rings (SSSR count). The highest BCUT2D eigenvalue weighted by atomic mass is 35.5. The number of alkyl carbamates (subject to hydrolysis) is 1. The maximum Gasteiger partial charge on any atom is 0.407 e. The highest BCUT2D eigenvalue weighted by Gasteiger charge is 2.22. The summed E-state index contributed by atoms with van der Waals surface area (Å²) in [6.45, 7) is 2.92. The zero-order chi connectivity index (χ0) is 17.5. The number of benzene rings is 1. The van der Waals surface area contributed by atoms with E-state index in [2.05, 4.69) is 10.2 Å². The molecule has 0 radical (unpaired) electrons. The Bertz CT molecular complexity index is 591. The molecule has 0 unspecified atom stereocenters. The summed E-state index contributed by atoms with van der Waals surface area (Å²) in [5.41, 5.74) is 0.589. The van der Waals surface area contributed by atoms with Gasteiger partial charge in [0.1, 0.15) is 12.6 Å². The van der Waals surface area contributed by atoms with Crippen LogP contribution in [-0.2, 0) is 16.0 Å². The molecule has 1 fully saturated rings. The third-order valence-corrected chi connectivity index (χ3v) is 4.46. The van der Waals surface area contributed by atoms with Gasteiger partial charge in [-0.25, -0.2) is 9.59 Å². The molecule has 24 heavy (non-hydrogen) atoms. The molecule has 0 saturated carbocycles. The lowest BCUT2D eigenvalue weighted by Gasteiger charge is -2.17. The van der Waals surface area contributed by atoms with Gasteiger partial charge in [0, 0.05) is 23.0 Å². The lowest BCUT2D eigenvalue weighted by atomic mass is 10.1. The van der Waals surface area contributed by atoms with Crippen LogP contribution in [0, 0.1) is 0 Å². The number of halogens is 2. The van der Waals surface area contributed by atoms with Crippen LogP contribution in [0.1, 0.15) is 18.4 Å². The fourth-order valence-electron chi connectivity index (χ4n) is 2.56. The highest BCUT2D eigenvalue weighted by molar-refractivity contribution is 6.35. The van der Waals surface area contributed by atoms with Gasteiger partial charge in [0.25, 0.3) is 0 Å². The first-order valence-corrected chi connectivity index (χ1v) is 8.53. The summed E-state index contributed by atoms with van der Waals surface area (Å²) in [5.74, 6) is -1.16. The molecule has 1 aliphatic heterocycles. The van der Waals surface area contributed by atoms with E-state index in [0.29, 0.717) is 22.2 Å². The topological polar surface area (TPSA) is 78.9 Å². The van der Waals surface area contributed by atoms with E-state index in [1.165, 1.54) is 6.07 Å². The van der Waals surface area contributed by atoms with Crippen molar-refractivity contribution in [3.8, 4) is 0 Å². The molecule has 0 bridgehead atoms. The van der Waals surface area contributed by atoms with Gasteiger partial charge in [0.2, 0.25) is 0 Å². The maximum absolute atomic E-state index is 11.8. The second-order valence-electron chi connectivity index (χ2n) is 5.66. The van der Waals surface area contributed by atoms with Crippen molar-refractivity contribution in [3.05, 3.63) is 33.8 Å². The van der Waals surface area contributed by atoms with Gasteiger partial charge in [0.15, 0.2) is 0 Å². The van der Waals surface area contributed by atoms with E-state index in [-0.39, 0.29) is 13.0 Å². The standard InChI is InChI=1S/C16H20Cl2N2O4/c17-12-4-3-11(13(18)10-12)9-14(15(21)22)19-16(23)24-8-7-20-5-1-2-6-20/h3-4,10,14H,1-2,5-9H2,(H,19,23)(H,21,22)/t14-/m1/s1. The average Bonchev–Trinajstić information content (AvgIpc) is 3.02. The fourth-order valence-corrected chi connectivity index (χ4v) is 3.05. The number of carbonyl (C=O) groups is 2. The monoisotopic (exact) mass is 374 g/mol. The van der Waals surface area contributed by atoms with Gasteiger partial charge in [-0.2, -0.15) is 0 Å². The molecule has 8 heteroatoms. The SMILES string of the molecule is O=C(N[C@H](Cc1ccc(Cl)cc1Cl)C(=O)O)OCCN1CCCC1. The van der Waals surface area contributed by atoms with Crippen LogP contribution in [0.2, 0.25) is 10.0 Å². The predicted octanol–water partition coefficient (Wildman–Crippen LogP) is 2.81. The lowest BCUT2D eigenvalue weighted by molar-refractivity contribution is -0.139. The van der Waals surface area contributed by atoms with E-state index >= 15 is 0 Å². The molecule has 2 N–H and O–H groups in total. The average molecular weight is 375 g/mol. The number of likely N-dealkylation sites (tertiary alicyclic amines) is 1. The van der Waals surface area contributed by atoms with Crippen molar-refractivity contribution in [2.24, 2.45) is 0 Å². The third kappa shape index (κ3) is 5.85. The molecule has 0 aliphatic carbocycles. The summed E-state index contributed by atoms with van der Waals surface area (Å²) in [6, 6.07) is 3.67. The molecule has 1 aromatic rings. The number of nitrogens with one attached hydrogen (secondary N) is 1. The second kappa shape index (κ2) is 9.11. The molecule has 132 valence electrons. The number of ether oxygens (including phenoxy) is 1. The first-order chi connectivity index (χ1) is 11.5. The van der Waals surface area contributed by atoms with Gasteiger partial charge >= 0.3 is 12.1 Å². The minimum Gasteiger partial charge on any atom is -0.480 e. The predicted molar refractivity (Wildman–Crippen MR) is 91.7 cm³/mol. The molecular formula is C16H20Cl2N2O4. The molecule has 6 nitrogen and oxygen atoms in total. The van der Waals surface area contributed by atoms with Crippen LogP contribution in [0.3, 0.4) is 0 Å². The molecule has 1 atom stereocenters. The van der Waals surface area contributed by atoms with Gasteiger partial charge < -0.3 is 15.2 Å². The minimum atomic E-state index is -1.16. The van der Waals surface area contributed by atoms with Crippen molar-refractivity contribution >= 4 is 35.3 Å². The number of aliphatic carboxylic acids is 1. The van der Waals surface area contributed by atoms with E-state index in [1.54, 1.807) is 12.1 Å². The van der Waals surface area contributed by atoms with Gasteiger partial charge in [-0.05, 0) is 43.6 Å². The van der Waals surface area contributed by atoms with Crippen LogP contribution >= 0.6 is 23.2 Å². The minimum absolute atomic E-state index is 0.0482. The molecular weight excluding hydrogens is 355 g/mol. The number of rotatable bonds is 7. The highest BCUT2D eigenvalue weighted by Crippen LogP contribution is 2.22. The molecule has 1 aromatic carbocycles. The normalized spacial score (nSPS) is 15.9. The Morgan fingerprint density at radius 3 is 2.62 bits per heavy atom. The largest absolute Gasteiger partial charge is 0.480 e. The van der Waals surface area contributed by atoms with Crippen LogP contribution in [-0.4, -0.2) is 54.4 Å². The maximum atomic E-state index is 11.8. The first-order valence-electron chi connectivity index (χ1n) is 7.78. The van der Waals surface area contributed by atoms with Gasteiger partial charge in [-0.15, -0.1) is 0 Å². The number of carboxylic acid groups (broad SMARTS) is 1. The van der Waals surface area contributed by atoms with Crippen molar-refractivity contribution in [1.82, 2.24) is 10.2 Å². The summed E-state index contributed by atoms with van der Waals surface area (Å²) in [4.78, 5) is 25.3.